The van der Waals surface area contributed by atoms with E-state index < -0.39 is 0 Å². The second kappa shape index (κ2) is 9.68. The molecule has 0 atom stereocenters. The van der Waals surface area contributed by atoms with E-state index in [0.29, 0.717) is 35.2 Å². The van der Waals surface area contributed by atoms with Crippen molar-refractivity contribution in [3.63, 3.8) is 0 Å². The van der Waals surface area contributed by atoms with Gasteiger partial charge < -0.3 is 15.4 Å². The second-order valence-corrected chi connectivity index (χ2v) is 7.88. The molecule has 3 heterocycles. The van der Waals surface area contributed by atoms with Crippen molar-refractivity contribution in [3.8, 4) is 11.5 Å². The van der Waals surface area contributed by atoms with Gasteiger partial charge in [0.25, 0.3) is 5.91 Å². The Balaban J connectivity index is 1.50. The Labute approximate surface area is 193 Å². The molecule has 4 aromatic rings. The van der Waals surface area contributed by atoms with Crippen molar-refractivity contribution in [2.75, 3.05) is 17.2 Å². The number of nitrogens with one attached hydrogen (secondary N) is 2. The molecule has 0 aliphatic carbocycles. The van der Waals surface area contributed by atoms with Crippen LogP contribution >= 0.6 is 0 Å². The second-order valence-electron chi connectivity index (χ2n) is 7.88. The molecule has 8 nitrogen and oxygen atoms in total. The van der Waals surface area contributed by atoms with Gasteiger partial charge in [-0.05, 0) is 68.7 Å². The summed E-state index contributed by atoms with van der Waals surface area (Å²) in [4.78, 5) is 21.6. The van der Waals surface area contributed by atoms with Gasteiger partial charge in [0.2, 0.25) is 0 Å². The van der Waals surface area contributed by atoms with Crippen LogP contribution < -0.4 is 15.4 Å². The highest BCUT2D eigenvalue weighted by atomic mass is 16.5. The van der Waals surface area contributed by atoms with Gasteiger partial charge in [-0.3, -0.25) is 14.5 Å². The first-order valence-corrected chi connectivity index (χ1v) is 11.1. The molecule has 1 aromatic carbocycles. The third-order valence-electron chi connectivity index (χ3n) is 5.32. The first kappa shape index (κ1) is 22.3. The first-order valence-electron chi connectivity index (χ1n) is 11.1. The highest BCUT2D eigenvalue weighted by molar-refractivity contribution is 6.06. The Morgan fingerprint density at radius 3 is 2.64 bits per heavy atom. The predicted octanol–water partition coefficient (Wildman–Crippen LogP) is 5.33. The van der Waals surface area contributed by atoms with Crippen molar-refractivity contribution in [2.45, 2.75) is 40.7 Å². The number of amides is 1. The summed E-state index contributed by atoms with van der Waals surface area (Å²) in [6.45, 7) is 9.63. The molecule has 0 fully saturated rings. The molecule has 0 aliphatic heterocycles. The zero-order valence-corrected chi connectivity index (χ0v) is 19.3. The summed E-state index contributed by atoms with van der Waals surface area (Å²) in [6.07, 6.45) is 6.11. The maximum atomic E-state index is 12.8. The minimum absolute atomic E-state index is 0.312. The standard InChI is InChI=1S/C25H28N6O2/c1-5-11-31-15-21(26-6-2)24(30-31)25(32)29-23-8-7-18(14-28-23)33-22-9-10-27-20-13-17(4)16(3)12-19(20)22/h7-10,12-15,26H,5-6,11H2,1-4H3,(H,28,29,32). The summed E-state index contributed by atoms with van der Waals surface area (Å²) < 4.78 is 7.85. The van der Waals surface area contributed by atoms with Gasteiger partial charge in [-0.1, -0.05) is 6.92 Å². The lowest BCUT2D eigenvalue weighted by atomic mass is 10.1. The lowest BCUT2D eigenvalue weighted by Gasteiger charge is -2.11. The zero-order chi connectivity index (χ0) is 23.4. The number of ether oxygens (including phenoxy) is 1. The number of hydrogen-bond donors (Lipinski definition) is 2. The molecule has 0 radical (unpaired) electrons. The van der Waals surface area contributed by atoms with Crippen molar-refractivity contribution < 1.29 is 9.53 Å². The molecule has 0 bridgehead atoms. The third kappa shape index (κ3) is 4.95. The van der Waals surface area contributed by atoms with Crippen LogP contribution in [-0.4, -0.2) is 32.2 Å². The molecule has 8 heteroatoms. The van der Waals surface area contributed by atoms with E-state index in [1.54, 1.807) is 29.2 Å². The molecule has 3 aromatic heterocycles. The smallest absolute Gasteiger partial charge is 0.279 e. The largest absolute Gasteiger partial charge is 0.455 e. The lowest BCUT2D eigenvalue weighted by molar-refractivity contribution is 0.102. The van der Waals surface area contributed by atoms with Gasteiger partial charge in [-0.2, -0.15) is 5.10 Å². The lowest BCUT2D eigenvalue weighted by Crippen LogP contribution is -2.16. The average molecular weight is 445 g/mol. The Bertz CT molecular complexity index is 1280. The summed E-state index contributed by atoms with van der Waals surface area (Å²) in [5.41, 5.74) is 4.30. The molecule has 170 valence electrons. The van der Waals surface area contributed by atoms with Crippen molar-refractivity contribution in [1.82, 2.24) is 19.7 Å². The number of rotatable bonds is 8. The number of pyridine rings is 2. The first-order chi connectivity index (χ1) is 16.0. The minimum Gasteiger partial charge on any atom is -0.455 e. The monoisotopic (exact) mass is 444 g/mol. The van der Waals surface area contributed by atoms with Crippen molar-refractivity contribution in [3.05, 3.63) is 65.7 Å². The van der Waals surface area contributed by atoms with E-state index in [2.05, 4.69) is 58.6 Å². The molecule has 0 saturated carbocycles. The van der Waals surface area contributed by atoms with Gasteiger partial charge in [0.05, 0.1) is 17.4 Å². The maximum Gasteiger partial charge on any atom is 0.279 e. The Morgan fingerprint density at radius 2 is 1.91 bits per heavy atom. The maximum absolute atomic E-state index is 12.8. The van der Waals surface area contributed by atoms with Gasteiger partial charge >= 0.3 is 0 Å². The number of hydrogen-bond acceptors (Lipinski definition) is 6. The highest BCUT2D eigenvalue weighted by Crippen LogP contribution is 2.30. The quantitative estimate of drug-likeness (QED) is 0.381. The summed E-state index contributed by atoms with van der Waals surface area (Å²) in [7, 11) is 0. The normalized spacial score (nSPS) is 10.9. The number of anilines is 2. The van der Waals surface area contributed by atoms with Crippen LogP contribution in [0, 0.1) is 13.8 Å². The van der Waals surface area contributed by atoms with E-state index in [0.717, 1.165) is 23.9 Å². The van der Waals surface area contributed by atoms with E-state index in [-0.39, 0.29) is 5.91 Å². The van der Waals surface area contributed by atoms with E-state index in [9.17, 15) is 4.79 Å². The van der Waals surface area contributed by atoms with Gasteiger partial charge in [-0.15, -0.1) is 0 Å². The van der Waals surface area contributed by atoms with E-state index in [1.807, 2.05) is 19.2 Å². The number of carbonyl (C=O) groups excluding carboxylic acids is 1. The topological polar surface area (TPSA) is 94.0 Å². The van der Waals surface area contributed by atoms with Crippen molar-refractivity contribution in [2.24, 2.45) is 0 Å². The molecule has 33 heavy (non-hydrogen) atoms. The fraction of sp³-hybridized carbons (Fsp3) is 0.280. The number of nitrogens with zero attached hydrogens (tertiary/aromatic N) is 4. The number of aryl methyl sites for hydroxylation is 3. The van der Waals surface area contributed by atoms with Crippen LogP contribution in [0.25, 0.3) is 10.9 Å². The van der Waals surface area contributed by atoms with Gasteiger partial charge in [0, 0.05) is 30.9 Å². The number of benzene rings is 1. The van der Waals surface area contributed by atoms with Crippen molar-refractivity contribution in [1.29, 1.82) is 0 Å². The molecule has 0 saturated heterocycles. The Hall–Kier alpha value is -3.94. The average Bonchev–Trinajstić information content (AvgIpc) is 3.19. The molecular formula is C25H28N6O2. The van der Waals surface area contributed by atoms with E-state index in [1.165, 1.54) is 11.1 Å². The summed E-state index contributed by atoms with van der Waals surface area (Å²) in [5.74, 6) is 1.39. The molecule has 2 N–H and O–H groups in total. The van der Waals surface area contributed by atoms with Crippen molar-refractivity contribution >= 4 is 28.3 Å². The number of aromatic nitrogens is 4. The van der Waals surface area contributed by atoms with Crippen LogP contribution in [0.4, 0.5) is 11.5 Å². The minimum atomic E-state index is -0.312. The molecule has 0 spiro atoms. The van der Waals surface area contributed by atoms with Crippen LogP contribution in [0.3, 0.4) is 0 Å². The summed E-state index contributed by atoms with van der Waals surface area (Å²) in [6, 6.07) is 9.45. The summed E-state index contributed by atoms with van der Waals surface area (Å²) in [5, 5.41) is 11.4. The van der Waals surface area contributed by atoms with Gasteiger partial charge in [0.1, 0.15) is 17.3 Å². The van der Waals surface area contributed by atoms with Crippen LogP contribution in [0.1, 0.15) is 41.9 Å². The highest BCUT2D eigenvalue weighted by Gasteiger charge is 2.17. The van der Waals surface area contributed by atoms with Crippen LogP contribution in [0.15, 0.2) is 48.9 Å². The molecule has 1 amide bonds. The number of carbonyl (C=O) groups is 1. The predicted molar refractivity (Wildman–Crippen MR) is 130 cm³/mol. The van der Waals surface area contributed by atoms with Crippen LogP contribution in [0.5, 0.6) is 11.5 Å². The molecular weight excluding hydrogens is 416 g/mol. The zero-order valence-electron chi connectivity index (χ0n) is 19.3. The van der Waals surface area contributed by atoms with E-state index >= 15 is 0 Å². The Kier molecular flexibility index (Phi) is 6.53. The molecule has 0 unspecified atom stereocenters. The SMILES string of the molecule is CCCn1cc(NCC)c(C(=O)Nc2ccc(Oc3ccnc4cc(C)c(C)cc34)cn2)n1. The third-order valence-corrected chi connectivity index (χ3v) is 5.32. The molecule has 0 aliphatic rings. The van der Waals surface area contributed by atoms with Gasteiger partial charge in [0.15, 0.2) is 5.69 Å². The van der Waals surface area contributed by atoms with E-state index in [4.69, 9.17) is 4.74 Å². The van der Waals surface area contributed by atoms with Crippen LogP contribution in [0.2, 0.25) is 0 Å². The fourth-order valence-electron chi connectivity index (χ4n) is 3.54. The Morgan fingerprint density at radius 1 is 1.09 bits per heavy atom. The number of fused-ring (bicyclic) bond motifs is 1. The fourth-order valence-corrected chi connectivity index (χ4v) is 3.54. The van der Waals surface area contributed by atoms with Gasteiger partial charge in [-0.25, -0.2) is 4.98 Å². The summed E-state index contributed by atoms with van der Waals surface area (Å²) >= 11 is 0. The van der Waals surface area contributed by atoms with Crippen LogP contribution in [-0.2, 0) is 6.54 Å². The molecule has 4 rings (SSSR count).